The van der Waals surface area contributed by atoms with Crippen LogP contribution in [0.2, 0.25) is 0 Å². The zero-order valence-corrected chi connectivity index (χ0v) is 30.9. The van der Waals surface area contributed by atoms with Gasteiger partial charge in [0.2, 0.25) is 0 Å². The van der Waals surface area contributed by atoms with E-state index in [2.05, 4.69) is 203 Å². The Labute approximate surface area is 315 Å². The van der Waals surface area contributed by atoms with Crippen molar-refractivity contribution in [3.8, 4) is 66.8 Å². The molecule has 0 nitrogen and oxygen atoms in total. The van der Waals surface area contributed by atoms with Gasteiger partial charge in [0.05, 0.1) is 0 Å². The lowest BCUT2D eigenvalue weighted by molar-refractivity contribution is 1.35. The summed E-state index contributed by atoms with van der Waals surface area (Å²) in [7, 11) is 0. The molecule has 0 aliphatic rings. The van der Waals surface area contributed by atoms with E-state index in [9.17, 15) is 0 Å². The van der Waals surface area contributed by atoms with Crippen molar-refractivity contribution in [1.29, 1.82) is 0 Å². The highest BCUT2D eigenvalue weighted by molar-refractivity contribution is 7.81. The Bertz CT molecular complexity index is 1990. The smallest absolute Gasteiger partial charge is 0.00572 e. The van der Waals surface area contributed by atoms with E-state index in [1.54, 1.807) is 0 Å². The van der Waals surface area contributed by atoms with Crippen LogP contribution < -0.4 is 0 Å². The third-order valence-electron chi connectivity index (χ3n) is 8.23. The summed E-state index contributed by atoms with van der Waals surface area (Å²) in [4.78, 5) is 5.30. The van der Waals surface area contributed by atoms with Crippen molar-refractivity contribution >= 4 is 75.8 Å². The molecule has 0 bridgehead atoms. The molecule has 0 unspecified atom stereocenters. The molecule has 0 saturated heterocycles. The highest BCUT2D eigenvalue weighted by Gasteiger charge is 2.12. The SMILES string of the molecule is Sc1cc(S)cc(-c2cccc(-c3cc(-c4cccc(-c5cc(S)cc(S)c5)c4)cc(-c4cccc(-c5cc(S)cc(S)c5)c4)c3)c2)c1. The molecule has 0 aromatic heterocycles. The Kier molecular flexibility index (Phi) is 9.84. The molecule has 0 aliphatic carbocycles. The van der Waals surface area contributed by atoms with Gasteiger partial charge in [-0.2, -0.15) is 0 Å². The molecule has 48 heavy (non-hydrogen) atoms. The van der Waals surface area contributed by atoms with Gasteiger partial charge in [-0.05, 0) is 158 Å². The van der Waals surface area contributed by atoms with E-state index in [-0.39, 0.29) is 0 Å². The summed E-state index contributed by atoms with van der Waals surface area (Å²) in [6, 6.07) is 51.1. The molecule has 0 radical (unpaired) electrons. The Balaban J connectivity index is 1.39. The molecule has 7 aromatic carbocycles. The van der Waals surface area contributed by atoms with Gasteiger partial charge in [-0.1, -0.05) is 54.6 Å². The van der Waals surface area contributed by atoms with Gasteiger partial charge in [-0.3, -0.25) is 0 Å². The molecule has 7 rings (SSSR count). The molecule has 0 N–H and O–H groups in total. The fraction of sp³-hybridized carbons (Fsp3) is 0. The van der Waals surface area contributed by atoms with E-state index in [0.717, 1.165) is 96.1 Å². The standard InChI is InChI=1S/C42H30S6/c43-37-16-34(17-38(44)22-37)28-7-1-4-25(10-28)31-13-32(26-5-2-8-29(11-26)35-18-39(45)23-40(46)19-35)15-33(14-31)27-6-3-9-30(12-27)36-20-41(47)24-42(48)21-36/h1-24,43-48H. The second-order valence-corrected chi connectivity index (χ2v) is 14.9. The molecular weight excluding hydrogens is 697 g/mol. The van der Waals surface area contributed by atoms with Crippen LogP contribution in [0.25, 0.3) is 66.8 Å². The van der Waals surface area contributed by atoms with Gasteiger partial charge in [0.25, 0.3) is 0 Å². The van der Waals surface area contributed by atoms with Gasteiger partial charge in [0.1, 0.15) is 0 Å². The monoisotopic (exact) mass is 726 g/mol. The van der Waals surface area contributed by atoms with Crippen LogP contribution in [0.15, 0.2) is 175 Å². The Morgan fingerprint density at radius 2 is 0.354 bits per heavy atom. The summed E-state index contributed by atoms with van der Waals surface area (Å²) in [5, 5.41) is 0. The van der Waals surface area contributed by atoms with Crippen LogP contribution >= 0.6 is 75.8 Å². The average molecular weight is 727 g/mol. The van der Waals surface area contributed by atoms with E-state index in [4.69, 9.17) is 0 Å². The molecule has 7 aromatic rings. The summed E-state index contributed by atoms with van der Waals surface area (Å²) in [5.41, 5.74) is 13.3. The highest BCUT2D eigenvalue weighted by Crippen LogP contribution is 2.38. The molecule has 0 amide bonds. The largest absolute Gasteiger partial charge is 0.143 e. The minimum atomic E-state index is 0.883. The molecule has 234 valence electrons. The summed E-state index contributed by atoms with van der Waals surface area (Å²) in [6.45, 7) is 0. The molecule has 6 heteroatoms. The first-order valence-corrected chi connectivity index (χ1v) is 17.9. The molecule has 0 fully saturated rings. The molecule has 0 spiro atoms. The summed E-state index contributed by atoms with van der Waals surface area (Å²) < 4.78 is 0. The Morgan fingerprint density at radius 3 is 0.562 bits per heavy atom. The van der Waals surface area contributed by atoms with Crippen molar-refractivity contribution in [2.45, 2.75) is 29.4 Å². The van der Waals surface area contributed by atoms with E-state index < -0.39 is 0 Å². The summed E-state index contributed by atoms with van der Waals surface area (Å²) in [6.07, 6.45) is 0. The molecule has 0 saturated carbocycles. The first-order valence-electron chi connectivity index (χ1n) is 15.2. The Hall–Kier alpha value is -3.36. The fourth-order valence-electron chi connectivity index (χ4n) is 6.05. The minimum absolute atomic E-state index is 0.883. The van der Waals surface area contributed by atoms with Gasteiger partial charge in [0, 0.05) is 29.4 Å². The first kappa shape index (κ1) is 33.2. The minimum Gasteiger partial charge on any atom is -0.143 e. The van der Waals surface area contributed by atoms with E-state index in [1.807, 2.05) is 18.2 Å². The van der Waals surface area contributed by atoms with E-state index in [1.165, 1.54) is 0 Å². The van der Waals surface area contributed by atoms with Crippen LogP contribution in [0.3, 0.4) is 0 Å². The van der Waals surface area contributed by atoms with Crippen LogP contribution in [0, 0.1) is 0 Å². The van der Waals surface area contributed by atoms with Crippen LogP contribution in [-0.4, -0.2) is 0 Å². The molecule has 0 aliphatic heterocycles. The zero-order valence-electron chi connectivity index (χ0n) is 25.5. The van der Waals surface area contributed by atoms with Crippen molar-refractivity contribution in [1.82, 2.24) is 0 Å². The number of benzene rings is 7. The Morgan fingerprint density at radius 1 is 0.188 bits per heavy atom. The lowest BCUT2D eigenvalue weighted by Crippen LogP contribution is -1.89. The van der Waals surface area contributed by atoms with Crippen LogP contribution in [-0.2, 0) is 0 Å². The second kappa shape index (κ2) is 14.2. The number of thiol groups is 6. The van der Waals surface area contributed by atoms with Crippen molar-refractivity contribution in [3.05, 3.63) is 146 Å². The van der Waals surface area contributed by atoms with Crippen LogP contribution in [0.4, 0.5) is 0 Å². The molecular formula is C42H30S6. The quantitative estimate of drug-likeness (QED) is 0.0904. The van der Waals surface area contributed by atoms with Gasteiger partial charge in [-0.15, -0.1) is 75.8 Å². The van der Waals surface area contributed by atoms with Crippen molar-refractivity contribution in [2.24, 2.45) is 0 Å². The number of hydrogen-bond acceptors (Lipinski definition) is 6. The second-order valence-electron chi connectivity index (χ2n) is 11.8. The maximum atomic E-state index is 4.60. The molecule has 0 heterocycles. The first-order chi connectivity index (χ1) is 23.2. The van der Waals surface area contributed by atoms with E-state index in [0.29, 0.717) is 0 Å². The van der Waals surface area contributed by atoms with Gasteiger partial charge in [-0.25, -0.2) is 0 Å². The average Bonchev–Trinajstić information content (AvgIpc) is 3.07. The highest BCUT2D eigenvalue weighted by atomic mass is 32.1. The van der Waals surface area contributed by atoms with E-state index >= 15 is 0 Å². The van der Waals surface area contributed by atoms with Crippen LogP contribution in [0.5, 0.6) is 0 Å². The zero-order chi connectivity index (χ0) is 33.4. The number of hydrogen-bond donors (Lipinski definition) is 6. The number of rotatable bonds is 6. The topological polar surface area (TPSA) is 0 Å². The van der Waals surface area contributed by atoms with Crippen LogP contribution in [0.1, 0.15) is 0 Å². The van der Waals surface area contributed by atoms with Gasteiger partial charge < -0.3 is 0 Å². The summed E-state index contributed by atoms with van der Waals surface area (Å²) >= 11 is 27.6. The fourth-order valence-corrected chi connectivity index (χ4v) is 8.02. The third-order valence-corrected chi connectivity index (χ3v) is 9.78. The van der Waals surface area contributed by atoms with Crippen molar-refractivity contribution in [3.63, 3.8) is 0 Å². The maximum Gasteiger partial charge on any atom is 0.00572 e. The van der Waals surface area contributed by atoms with Crippen molar-refractivity contribution < 1.29 is 0 Å². The third kappa shape index (κ3) is 7.60. The lowest BCUT2D eigenvalue weighted by Gasteiger charge is -2.14. The summed E-state index contributed by atoms with van der Waals surface area (Å²) in [5.74, 6) is 0. The molecule has 0 atom stereocenters. The normalized spacial score (nSPS) is 11.1. The van der Waals surface area contributed by atoms with Gasteiger partial charge >= 0.3 is 0 Å². The predicted octanol–water partition coefficient (Wildman–Crippen LogP) is 13.4. The van der Waals surface area contributed by atoms with Gasteiger partial charge in [0.15, 0.2) is 0 Å². The lowest BCUT2D eigenvalue weighted by atomic mass is 9.90. The predicted molar refractivity (Wildman–Crippen MR) is 223 cm³/mol. The maximum absolute atomic E-state index is 4.60. The van der Waals surface area contributed by atoms with Crippen molar-refractivity contribution in [2.75, 3.05) is 0 Å².